The molecule has 0 saturated carbocycles. The molecule has 0 aliphatic carbocycles. The third-order valence-electron chi connectivity index (χ3n) is 3.98. The van der Waals surface area contributed by atoms with E-state index in [1.807, 2.05) is 19.2 Å². The Bertz CT molecular complexity index is 526. The van der Waals surface area contributed by atoms with Crippen molar-refractivity contribution in [3.05, 3.63) is 29.3 Å². The number of hydrogen-bond acceptors (Lipinski definition) is 2. The molecule has 1 aromatic rings. The molecule has 4 heteroatoms. The maximum absolute atomic E-state index is 11.7. The molecule has 114 valence electrons. The van der Waals surface area contributed by atoms with E-state index in [-0.39, 0.29) is 11.8 Å². The molecular formula is C17H24N2O2. The molecule has 0 atom stereocenters. The van der Waals surface area contributed by atoms with Crippen LogP contribution in [0, 0.1) is 0 Å². The predicted octanol–water partition coefficient (Wildman–Crippen LogP) is 2.44. The zero-order valence-corrected chi connectivity index (χ0v) is 12.9. The van der Waals surface area contributed by atoms with Gasteiger partial charge in [-0.05, 0) is 36.5 Å². The molecule has 2 rings (SSSR count). The predicted molar refractivity (Wildman–Crippen MR) is 84.4 cm³/mol. The van der Waals surface area contributed by atoms with Crippen LogP contribution < -0.4 is 10.2 Å². The third-order valence-corrected chi connectivity index (χ3v) is 3.98. The average molecular weight is 288 g/mol. The minimum absolute atomic E-state index is 0.139. The second-order valence-electron chi connectivity index (χ2n) is 5.62. The largest absolute Gasteiger partial charge is 0.356 e. The molecule has 0 unspecified atom stereocenters. The molecule has 0 spiro atoms. The first-order chi connectivity index (χ1) is 10.1. The van der Waals surface area contributed by atoms with Crippen LogP contribution in [-0.2, 0) is 22.4 Å². The summed E-state index contributed by atoms with van der Waals surface area (Å²) in [5.74, 6) is 0.318. The number of anilines is 1. The van der Waals surface area contributed by atoms with E-state index in [0.717, 1.165) is 31.4 Å². The number of fused-ring (bicyclic) bond motifs is 1. The van der Waals surface area contributed by atoms with Crippen LogP contribution in [0.5, 0.6) is 0 Å². The molecule has 1 N–H and O–H groups in total. The highest BCUT2D eigenvalue weighted by Gasteiger charge is 2.20. The molecule has 1 heterocycles. The SMILES string of the molecule is CCCCC(=O)NCCc1ccc2c(c1)CCC(=O)N2C. The van der Waals surface area contributed by atoms with Crippen molar-refractivity contribution in [1.82, 2.24) is 5.32 Å². The van der Waals surface area contributed by atoms with E-state index < -0.39 is 0 Å². The number of nitrogens with one attached hydrogen (secondary N) is 1. The minimum atomic E-state index is 0.139. The molecule has 21 heavy (non-hydrogen) atoms. The van der Waals surface area contributed by atoms with Gasteiger partial charge in [0, 0.05) is 32.1 Å². The molecule has 2 amide bonds. The lowest BCUT2D eigenvalue weighted by atomic mass is 9.98. The number of amides is 2. The fraction of sp³-hybridized carbons (Fsp3) is 0.529. The molecule has 0 bridgehead atoms. The summed E-state index contributed by atoms with van der Waals surface area (Å²) in [6, 6.07) is 6.23. The van der Waals surface area contributed by atoms with Gasteiger partial charge in [-0.1, -0.05) is 25.5 Å². The van der Waals surface area contributed by atoms with Gasteiger partial charge >= 0.3 is 0 Å². The molecule has 0 radical (unpaired) electrons. The van der Waals surface area contributed by atoms with Gasteiger partial charge in [0.15, 0.2) is 0 Å². The van der Waals surface area contributed by atoms with Gasteiger partial charge in [0.1, 0.15) is 0 Å². The molecule has 0 aromatic heterocycles. The highest BCUT2D eigenvalue weighted by Crippen LogP contribution is 2.27. The first kappa shape index (κ1) is 15.5. The second kappa shape index (κ2) is 7.25. The maximum Gasteiger partial charge on any atom is 0.227 e. The summed E-state index contributed by atoms with van der Waals surface area (Å²) in [5, 5.41) is 2.96. The van der Waals surface area contributed by atoms with E-state index in [1.165, 1.54) is 11.1 Å². The van der Waals surface area contributed by atoms with Crippen LogP contribution in [0.3, 0.4) is 0 Å². The van der Waals surface area contributed by atoms with E-state index in [2.05, 4.69) is 18.3 Å². The third kappa shape index (κ3) is 4.06. The van der Waals surface area contributed by atoms with Gasteiger partial charge in [0.2, 0.25) is 11.8 Å². The van der Waals surface area contributed by atoms with Crippen LogP contribution >= 0.6 is 0 Å². The summed E-state index contributed by atoms with van der Waals surface area (Å²) in [4.78, 5) is 24.9. The van der Waals surface area contributed by atoms with E-state index >= 15 is 0 Å². The number of hydrogen-bond donors (Lipinski definition) is 1. The van der Waals surface area contributed by atoms with Gasteiger partial charge in [-0.2, -0.15) is 0 Å². The standard InChI is InChI=1S/C17H24N2O2/c1-3-4-5-16(20)18-11-10-13-6-8-15-14(12-13)7-9-17(21)19(15)2/h6,8,12H,3-5,7,9-11H2,1-2H3,(H,18,20). The van der Waals surface area contributed by atoms with Gasteiger partial charge < -0.3 is 10.2 Å². The van der Waals surface area contributed by atoms with Gasteiger partial charge in [0.05, 0.1) is 0 Å². The van der Waals surface area contributed by atoms with E-state index in [4.69, 9.17) is 0 Å². The summed E-state index contributed by atoms with van der Waals surface area (Å²) in [7, 11) is 1.83. The van der Waals surface area contributed by atoms with Crippen molar-refractivity contribution >= 4 is 17.5 Å². The van der Waals surface area contributed by atoms with Crippen molar-refractivity contribution in [2.75, 3.05) is 18.5 Å². The zero-order valence-electron chi connectivity index (χ0n) is 12.9. The zero-order chi connectivity index (χ0) is 15.2. The summed E-state index contributed by atoms with van der Waals surface area (Å²) >= 11 is 0. The summed E-state index contributed by atoms with van der Waals surface area (Å²) < 4.78 is 0. The first-order valence-corrected chi connectivity index (χ1v) is 7.77. The fourth-order valence-electron chi connectivity index (χ4n) is 2.64. The first-order valence-electron chi connectivity index (χ1n) is 7.77. The number of carbonyl (C=O) groups excluding carboxylic acids is 2. The lowest BCUT2D eigenvalue weighted by molar-refractivity contribution is -0.121. The smallest absolute Gasteiger partial charge is 0.227 e. The molecule has 1 aliphatic heterocycles. The average Bonchev–Trinajstić information content (AvgIpc) is 2.49. The van der Waals surface area contributed by atoms with Crippen LogP contribution in [-0.4, -0.2) is 25.4 Å². The van der Waals surface area contributed by atoms with Crippen LogP contribution in [0.2, 0.25) is 0 Å². The number of aryl methyl sites for hydroxylation is 1. The Morgan fingerprint density at radius 1 is 1.33 bits per heavy atom. The number of carbonyl (C=O) groups is 2. The molecule has 4 nitrogen and oxygen atoms in total. The van der Waals surface area contributed by atoms with Crippen LogP contribution in [0.4, 0.5) is 5.69 Å². The molecular weight excluding hydrogens is 264 g/mol. The number of nitrogens with zero attached hydrogens (tertiary/aromatic N) is 1. The van der Waals surface area contributed by atoms with Crippen molar-refractivity contribution < 1.29 is 9.59 Å². The minimum Gasteiger partial charge on any atom is -0.356 e. The van der Waals surface area contributed by atoms with Crippen molar-refractivity contribution in [3.63, 3.8) is 0 Å². The summed E-state index contributed by atoms with van der Waals surface area (Å²) in [5.41, 5.74) is 3.46. The number of rotatable bonds is 6. The van der Waals surface area contributed by atoms with Gasteiger partial charge in [-0.25, -0.2) is 0 Å². The van der Waals surface area contributed by atoms with E-state index in [9.17, 15) is 9.59 Å². The summed E-state index contributed by atoms with van der Waals surface area (Å²) in [6.07, 6.45) is 4.85. The van der Waals surface area contributed by atoms with Crippen molar-refractivity contribution in [2.45, 2.75) is 45.4 Å². The molecule has 1 aromatic carbocycles. The van der Waals surface area contributed by atoms with Crippen molar-refractivity contribution in [2.24, 2.45) is 0 Å². The number of benzene rings is 1. The Balaban J connectivity index is 1.88. The second-order valence-corrected chi connectivity index (χ2v) is 5.62. The Morgan fingerprint density at radius 3 is 2.90 bits per heavy atom. The highest BCUT2D eigenvalue weighted by atomic mass is 16.2. The van der Waals surface area contributed by atoms with Crippen molar-refractivity contribution in [1.29, 1.82) is 0 Å². The van der Waals surface area contributed by atoms with Crippen LogP contribution in [0.1, 0.15) is 43.7 Å². The fourth-order valence-corrected chi connectivity index (χ4v) is 2.64. The Hall–Kier alpha value is -1.84. The monoisotopic (exact) mass is 288 g/mol. The van der Waals surface area contributed by atoms with Gasteiger partial charge in [0.25, 0.3) is 0 Å². The lowest BCUT2D eigenvalue weighted by Gasteiger charge is -2.26. The topological polar surface area (TPSA) is 49.4 Å². The van der Waals surface area contributed by atoms with Crippen LogP contribution in [0.15, 0.2) is 18.2 Å². The van der Waals surface area contributed by atoms with Gasteiger partial charge in [-0.3, -0.25) is 9.59 Å². The Morgan fingerprint density at radius 2 is 2.14 bits per heavy atom. The molecule has 0 saturated heterocycles. The molecule has 0 fully saturated rings. The Labute approximate surface area is 126 Å². The Kier molecular flexibility index (Phi) is 5.37. The molecule has 1 aliphatic rings. The van der Waals surface area contributed by atoms with E-state index in [1.54, 1.807) is 4.90 Å². The summed E-state index contributed by atoms with van der Waals surface area (Å²) in [6.45, 7) is 2.76. The quantitative estimate of drug-likeness (QED) is 0.874. The highest BCUT2D eigenvalue weighted by molar-refractivity contribution is 5.95. The van der Waals surface area contributed by atoms with Gasteiger partial charge in [-0.15, -0.1) is 0 Å². The van der Waals surface area contributed by atoms with E-state index in [0.29, 0.717) is 19.4 Å². The van der Waals surface area contributed by atoms with Crippen LogP contribution in [0.25, 0.3) is 0 Å². The number of unbranched alkanes of at least 4 members (excludes halogenated alkanes) is 1. The maximum atomic E-state index is 11.7. The van der Waals surface area contributed by atoms with Crippen molar-refractivity contribution in [3.8, 4) is 0 Å². The lowest BCUT2D eigenvalue weighted by Crippen LogP contribution is -2.31. The normalized spacial score (nSPS) is 14.0.